The molecule has 3 heterocycles. The smallest absolute Gasteiger partial charge is 0.318 e. The van der Waals surface area contributed by atoms with E-state index in [0.717, 1.165) is 56.8 Å². The van der Waals surface area contributed by atoms with E-state index >= 15 is 0 Å². The quantitative estimate of drug-likeness (QED) is 0.878. The third-order valence-corrected chi connectivity index (χ3v) is 6.12. The fourth-order valence-corrected chi connectivity index (χ4v) is 4.55. The normalized spacial score (nSPS) is 19.4. The first-order chi connectivity index (χ1) is 13.6. The molecule has 2 aliphatic rings. The number of aromatic nitrogens is 3. The molecule has 2 amide bonds. The molecule has 6 heteroatoms. The van der Waals surface area contributed by atoms with Crippen LogP contribution in [0.3, 0.4) is 0 Å². The number of likely N-dealkylation sites (tertiary alicyclic amines) is 1. The van der Waals surface area contributed by atoms with Gasteiger partial charge in [0, 0.05) is 26.1 Å². The average molecular weight is 382 g/mol. The van der Waals surface area contributed by atoms with Gasteiger partial charge in [0.15, 0.2) is 5.82 Å². The van der Waals surface area contributed by atoms with Gasteiger partial charge in [-0.3, -0.25) is 0 Å². The molecule has 4 rings (SSSR count). The van der Waals surface area contributed by atoms with Gasteiger partial charge >= 0.3 is 6.03 Å². The summed E-state index contributed by atoms with van der Waals surface area (Å²) in [5.41, 5.74) is 3.87. The Bertz CT molecular complexity index is 843. The van der Waals surface area contributed by atoms with Crippen LogP contribution >= 0.6 is 0 Å². The lowest BCUT2D eigenvalue weighted by molar-refractivity contribution is 0.145. The summed E-state index contributed by atoms with van der Waals surface area (Å²) in [5, 5.41) is 12.0. The molecule has 0 aliphatic carbocycles. The molecule has 1 aromatic carbocycles. The summed E-state index contributed by atoms with van der Waals surface area (Å²) >= 11 is 0. The van der Waals surface area contributed by atoms with E-state index in [4.69, 9.17) is 0 Å². The van der Waals surface area contributed by atoms with E-state index in [-0.39, 0.29) is 12.1 Å². The highest BCUT2D eigenvalue weighted by Gasteiger charge is 2.32. The van der Waals surface area contributed by atoms with Crippen molar-refractivity contribution in [3.8, 4) is 0 Å². The number of nitrogens with zero attached hydrogens (tertiary/aromatic N) is 4. The predicted octanol–water partition coefficient (Wildman–Crippen LogP) is 3.71. The van der Waals surface area contributed by atoms with E-state index in [9.17, 15) is 4.79 Å². The molecule has 1 N–H and O–H groups in total. The van der Waals surface area contributed by atoms with Gasteiger partial charge in [-0.2, -0.15) is 0 Å². The van der Waals surface area contributed by atoms with E-state index in [1.54, 1.807) is 0 Å². The highest BCUT2D eigenvalue weighted by molar-refractivity contribution is 5.74. The highest BCUT2D eigenvalue weighted by atomic mass is 16.2. The zero-order chi connectivity index (χ0) is 19.5. The summed E-state index contributed by atoms with van der Waals surface area (Å²) in [6, 6.07) is 6.59. The zero-order valence-corrected chi connectivity index (χ0v) is 17.1. The second kappa shape index (κ2) is 8.33. The number of piperidine rings is 1. The Morgan fingerprint density at radius 2 is 2.00 bits per heavy atom. The van der Waals surface area contributed by atoms with E-state index in [2.05, 4.69) is 52.1 Å². The largest absolute Gasteiger partial charge is 0.338 e. The van der Waals surface area contributed by atoms with Crippen molar-refractivity contribution in [2.24, 2.45) is 0 Å². The SMILES string of the molecule is Cc1ccc(CCNC(=O)N2CCCCC2c2nnc3n2CCCC3)c(C)c1. The number of hydrogen-bond donors (Lipinski definition) is 1. The first-order valence-corrected chi connectivity index (χ1v) is 10.7. The van der Waals surface area contributed by atoms with Crippen molar-refractivity contribution in [1.82, 2.24) is 25.0 Å². The fraction of sp³-hybridized carbons (Fsp3) is 0.591. The molecule has 1 fully saturated rings. The molecule has 150 valence electrons. The molecule has 0 radical (unpaired) electrons. The number of rotatable bonds is 4. The van der Waals surface area contributed by atoms with Crippen LogP contribution in [0.4, 0.5) is 4.79 Å². The molecular formula is C22H31N5O. The maximum absolute atomic E-state index is 13.0. The van der Waals surface area contributed by atoms with Crippen LogP contribution in [0.25, 0.3) is 0 Å². The standard InChI is InChI=1S/C22H31N5O/c1-16-9-10-18(17(2)15-16)11-12-23-22(28)26-13-5-3-7-19(26)21-25-24-20-8-4-6-14-27(20)21/h9-10,15,19H,3-8,11-14H2,1-2H3,(H,23,28). The Labute approximate surface area is 167 Å². The summed E-state index contributed by atoms with van der Waals surface area (Å²) in [7, 11) is 0. The summed E-state index contributed by atoms with van der Waals surface area (Å²) in [6.45, 7) is 6.68. The number of nitrogens with one attached hydrogen (secondary N) is 1. The molecular weight excluding hydrogens is 350 g/mol. The fourth-order valence-electron chi connectivity index (χ4n) is 4.55. The van der Waals surface area contributed by atoms with Gasteiger partial charge in [-0.1, -0.05) is 23.8 Å². The Morgan fingerprint density at radius 1 is 1.14 bits per heavy atom. The van der Waals surface area contributed by atoms with Crippen LogP contribution in [0.5, 0.6) is 0 Å². The van der Waals surface area contributed by atoms with E-state index in [1.807, 2.05) is 4.90 Å². The Kier molecular flexibility index (Phi) is 5.64. The first-order valence-electron chi connectivity index (χ1n) is 10.7. The second-order valence-corrected chi connectivity index (χ2v) is 8.20. The summed E-state index contributed by atoms with van der Waals surface area (Å²) in [5.74, 6) is 2.07. The van der Waals surface area contributed by atoms with Crippen LogP contribution in [0.2, 0.25) is 0 Å². The molecule has 28 heavy (non-hydrogen) atoms. The van der Waals surface area contributed by atoms with E-state index in [0.29, 0.717) is 6.54 Å². The zero-order valence-electron chi connectivity index (χ0n) is 17.1. The number of amides is 2. The van der Waals surface area contributed by atoms with Crippen LogP contribution in [-0.4, -0.2) is 38.8 Å². The van der Waals surface area contributed by atoms with Gasteiger partial charge in [-0.15, -0.1) is 10.2 Å². The first kappa shape index (κ1) is 19.0. The van der Waals surface area contributed by atoms with Gasteiger partial charge in [-0.25, -0.2) is 4.79 Å². The van der Waals surface area contributed by atoms with Crippen molar-refractivity contribution in [3.05, 3.63) is 46.5 Å². The van der Waals surface area contributed by atoms with Crippen molar-refractivity contribution < 1.29 is 4.79 Å². The lowest BCUT2D eigenvalue weighted by atomic mass is 10.0. The summed E-state index contributed by atoms with van der Waals surface area (Å²) in [4.78, 5) is 14.9. The van der Waals surface area contributed by atoms with Crippen molar-refractivity contribution in [2.45, 2.75) is 71.4 Å². The molecule has 6 nitrogen and oxygen atoms in total. The molecule has 1 atom stereocenters. The lowest BCUT2D eigenvalue weighted by Gasteiger charge is -2.35. The molecule has 0 saturated carbocycles. The molecule has 0 spiro atoms. The van der Waals surface area contributed by atoms with Crippen molar-refractivity contribution in [2.75, 3.05) is 13.1 Å². The number of aryl methyl sites for hydroxylation is 3. The average Bonchev–Trinajstić information content (AvgIpc) is 3.13. The van der Waals surface area contributed by atoms with Gasteiger partial charge in [0.2, 0.25) is 0 Å². The number of benzene rings is 1. The number of fused-ring (bicyclic) bond motifs is 1. The van der Waals surface area contributed by atoms with Crippen LogP contribution in [0.15, 0.2) is 18.2 Å². The topological polar surface area (TPSA) is 63.1 Å². The summed E-state index contributed by atoms with van der Waals surface area (Å²) in [6.07, 6.45) is 7.39. The Hall–Kier alpha value is -2.37. The summed E-state index contributed by atoms with van der Waals surface area (Å²) < 4.78 is 2.26. The number of carbonyl (C=O) groups is 1. The van der Waals surface area contributed by atoms with Crippen LogP contribution < -0.4 is 5.32 Å². The predicted molar refractivity (Wildman–Crippen MR) is 109 cm³/mol. The Balaban J connectivity index is 1.41. The highest BCUT2D eigenvalue weighted by Crippen LogP contribution is 2.31. The minimum atomic E-state index is 0.0302. The van der Waals surface area contributed by atoms with Gasteiger partial charge < -0.3 is 14.8 Å². The Morgan fingerprint density at radius 3 is 2.86 bits per heavy atom. The molecule has 1 saturated heterocycles. The van der Waals surface area contributed by atoms with Gasteiger partial charge in [0.25, 0.3) is 0 Å². The monoisotopic (exact) mass is 381 g/mol. The van der Waals surface area contributed by atoms with Crippen molar-refractivity contribution >= 4 is 6.03 Å². The maximum Gasteiger partial charge on any atom is 0.318 e. The van der Waals surface area contributed by atoms with E-state index < -0.39 is 0 Å². The molecule has 2 aliphatic heterocycles. The molecule has 1 aromatic heterocycles. The van der Waals surface area contributed by atoms with Gasteiger partial charge in [-0.05, 0) is 63.5 Å². The number of carbonyl (C=O) groups excluding carboxylic acids is 1. The third-order valence-electron chi connectivity index (χ3n) is 6.12. The van der Waals surface area contributed by atoms with Gasteiger partial charge in [0.05, 0.1) is 6.04 Å². The molecule has 0 bridgehead atoms. The molecule has 1 unspecified atom stereocenters. The van der Waals surface area contributed by atoms with Crippen molar-refractivity contribution in [3.63, 3.8) is 0 Å². The lowest BCUT2D eigenvalue weighted by Crippen LogP contribution is -2.46. The number of urea groups is 1. The minimum absolute atomic E-state index is 0.0302. The van der Waals surface area contributed by atoms with E-state index in [1.165, 1.54) is 29.5 Å². The molecule has 2 aromatic rings. The minimum Gasteiger partial charge on any atom is -0.338 e. The van der Waals surface area contributed by atoms with Crippen LogP contribution in [-0.2, 0) is 19.4 Å². The van der Waals surface area contributed by atoms with Crippen LogP contribution in [0, 0.1) is 13.8 Å². The van der Waals surface area contributed by atoms with Crippen LogP contribution in [0.1, 0.15) is 66.5 Å². The second-order valence-electron chi connectivity index (χ2n) is 8.20. The number of hydrogen-bond acceptors (Lipinski definition) is 3. The van der Waals surface area contributed by atoms with Gasteiger partial charge in [0.1, 0.15) is 5.82 Å². The van der Waals surface area contributed by atoms with Crippen molar-refractivity contribution in [1.29, 1.82) is 0 Å². The maximum atomic E-state index is 13.0. The third kappa shape index (κ3) is 3.91.